The first-order chi connectivity index (χ1) is 12.4. The summed E-state index contributed by atoms with van der Waals surface area (Å²) in [7, 11) is -3.79. The van der Waals surface area contributed by atoms with Crippen molar-refractivity contribution in [3.05, 3.63) is 46.2 Å². The normalized spacial score (nSPS) is 14.4. The molecule has 26 heavy (non-hydrogen) atoms. The lowest BCUT2D eigenvalue weighted by Gasteiger charge is -2.12. The number of aromatic nitrogens is 2. The second-order valence-electron chi connectivity index (χ2n) is 6.04. The second kappa shape index (κ2) is 7.96. The van der Waals surface area contributed by atoms with Crippen LogP contribution in [0, 0.1) is 0 Å². The molecule has 3 rings (SSSR count). The van der Waals surface area contributed by atoms with E-state index in [1.54, 1.807) is 10.9 Å². The monoisotopic (exact) mass is 416 g/mol. The summed E-state index contributed by atoms with van der Waals surface area (Å²) in [5.74, 6) is -0.449. The highest BCUT2D eigenvalue weighted by atomic mass is 35.5. The van der Waals surface area contributed by atoms with E-state index in [-0.39, 0.29) is 26.5 Å². The van der Waals surface area contributed by atoms with Gasteiger partial charge in [0.25, 0.3) is 5.91 Å². The molecule has 1 aliphatic carbocycles. The van der Waals surface area contributed by atoms with Crippen molar-refractivity contribution in [2.24, 2.45) is 0 Å². The van der Waals surface area contributed by atoms with Crippen LogP contribution in [0.4, 0.5) is 0 Å². The fourth-order valence-corrected chi connectivity index (χ4v) is 4.53. The summed E-state index contributed by atoms with van der Waals surface area (Å²) in [5, 5.41) is 6.89. The molecule has 1 aliphatic rings. The molecular formula is C16H18Cl2N4O3S. The van der Waals surface area contributed by atoms with Crippen LogP contribution in [0.3, 0.4) is 0 Å². The number of carbonyl (C=O) groups is 1. The van der Waals surface area contributed by atoms with Crippen molar-refractivity contribution in [1.82, 2.24) is 19.8 Å². The number of nitrogens with zero attached hydrogens (tertiary/aromatic N) is 2. The average Bonchev–Trinajstić information content (AvgIpc) is 3.21. The summed E-state index contributed by atoms with van der Waals surface area (Å²) in [4.78, 5) is 12.2. The van der Waals surface area contributed by atoms with Crippen LogP contribution in [0.2, 0.25) is 10.0 Å². The number of sulfonamides is 1. The van der Waals surface area contributed by atoms with E-state index < -0.39 is 15.9 Å². The fraction of sp³-hybridized carbons (Fsp3) is 0.375. The highest BCUT2D eigenvalue weighted by molar-refractivity contribution is 7.89. The zero-order valence-corrected chi connectivity index (χ0v) is 16.1. The first kappa shape index (κ1) is 19.2. The van der Waals surface area contributed by atoms with Crippen molar-refractivity contribution in [3.63, 3.8) is 0 Å². The van der Waals surface area contributed by atoms with Gasteiger partial charge in [0.2, 0.25) is 10.0 Å². The molecule has 10 heteroatoms. The van der Waals surface area contributed by atoms with Crippen LogP contribution in [-0.2, 0) is 16.6 Å². The van der Waals surface area contributed by atoms with Gasteiger partial charge in [0.1, 0.15) is 4.90 Å². The maximum Gasteiger partial charge on any atom is 0.252 e. The van der Waals surface area contributed by atoms with Gasteiger partial charge in [-0.1, -0.05) is 23.2 Å². The summed E-state index contributed by atoms with van der Waals surface area (Å²) in [6.45, 7) is 1.06. The first-order valence-electron chi connectivity index (χ1n) is 8.14. The largest absolute Gasteiger partial charge is 0.352 e. The molecule has 2 aromatic rings. The number of hydrogen-bond acceptors (Lipinski definition) is 4. The van der Waals surface area contributed by atoms with Crippen molar-refractivity contribution in [2.75, 3.05) is 6.54 Å². The molecule has 1 aromatic carbocycles. The Morgan fingerprint density at radius 1 is 1.27 bits per heavy atom. The Hall–Kier alpha value is -1.61. The molecule has 0 unspecified atom stereocenters. The highest BCUT2D eigenvalue weighted by Crippen LogP contribution is 2.30. The van der Waals surface area contributed by atoms with E-state index >= 15 is 0 Å². The number of benzene rings is 1. The van der Waals surface area contributed by atoms with Crippen LogP contribution in [0.5, 0.6) is 0 Å². The Balaban J connectivity index is 1.67. The van der Waals surface area contributed by atoms with Gasteiger partial charge in [-0.25, -0.2) is 13.1 Å². The average molecular weight is 417 g/mol. The fourth-order valence-electron chi connectivity index (χ4n) is 2.36. The Morgan fingerprint density at radius 3 is 2.69 bits per heavy atom. The molecule has 0 atom stereocenters. The topological polar surface area (TPSA) is 93.1 Å². The van der Waals surface area contributed by atoms with Gasteiger partial charge in [0.05, 0.1) is 15.6 Å². The van der Waals surface area contributed by atoms with Crippen LogP contribution in [0.1, 0.15) is 29.6 Å². The quantitative estimate of drug-likeness (QED) is 0.646. The molecule has 0 saturated heterocycles. The number of amides is 1. The lowest BCUT2D eigenvalue weighted by Crippen LogP contribution is -2.28. The molecule has 1 amide bonds. The molecule has 0 aliphatic heterocycles. The van der Waals surface area contributed by atoms with Crippen LogP contribution in [0.15, 0.2) is 35.5 Å². The molecule has 1 heterocycles. The predicted octanol–water partition coefficient (Wildman–Crippen LogP) is 2.45. The van der Waals surface area contributed by atoms with E-state index in [2.05, 4.69) is 15.1 Å². The number of rotatable bonds is 8. The SMILES string of the molecule is O=C(NCCCn1cccn1)c1cc(S(=O)(=O)NC2CC2)c(Cl)cc1Cl. The third kappa shape index (κ3) is 4.76. The van der Waals surface area contributed by atoms with Crippen LogP contribution >= 0.6 is 23.2 Å². The van der Waals surface area contributed by atoms with E-state index in [4.69, 9.17) is 23.2 Å². The first-order valence-corrected chi connectivity index (χ1v) is 10.4. The van der Waals surface area contributed by atoms with Gasteiger partial charge in [-0.3, -0.25) is 9.48 Å². The van der Waals surface area contributed by atoms with E-state index in [1.807, 2.05) is 12.3 Å². The minimum absolute atomic E-state index is 0.0154. The lowest BCUT2D eigenvalue weighted by atomic mass is 10.2. The summed E-state index contributed by atoms with van der Waals surface area (Å²) < 4.78 is 29.1. The second-order valence-corrected chi connectivity index (χ2v) is 8.53. The van der Waals surface area contributed by atoms with Gasteiger partial charge in [0, 0.05) is 31.5 Å². The molecule has 0 spiro atoms. The Bertz CT molecular complexity index is 896. The third-order valence-corrected chi connectivity index (χ3v) is 6.16. The number of halogens is 2. The molecule has 2 N–H and O–H groups in total. The van der Waals surface area contributed by atoms with Crippen molar-refractivity contribution in [1.29, 1.82) is 0 Å². The highest BCUT2D eigenvalue weighted by Gasteiger charge is 2.30. The van der Waals surface area contributed by atoms with Crippen molar-refractivity contribution in [3.8, 4) is 0 Å². The van der Waals surface area contributed by atoms with E-state index in [0.717, 1.165) is 12.8 Å². The van der Waals surface area contributed by atoms with Crippen LogP contribution < -0.4 is 10.0 Å². The van der Waals surface area contributed by atoms with Crippen molar-refractivity contribution >= 4 is 39.1 Å². The van der Waals surface area contributed by atoms with Gasteiger partial charge in [0.15, 0.2) is 0 Å². The molecule has 140 valence electrons. The van der Waals surface area contributed by atoms with Gasteiger partial charge >= 0.3 is 0 Å². The molecule has 0 radical (unpaired) electrons. The predicted molar refractivity (Wildman–Crippen MR) is 99.0 cm³/mol. The Labute approximate surface area is 161 Å². The lowest BCUT2D eigenvalue weighted by molar-refractivity contribution is 0.0952. The minimum Gasteiger partial charge on any atom is -0.352 e. The summed E-state index contributed by atoms with van der Waals surface area (Å²) in [5.41, 5.74) is 0.0753. The van der Waals surface area contributed by atoms with E-state index in [1.165, 1.54) is 12.1 Å². The summed E-state index contributed by atoms with van der Waals surface area (Å²) in [6, 6.07) is 4.26. The maximum atomic E-state index is 12.4. The smallest absolute Gasteiger partial charge is 0.252 e. The van der Waals surface area contributed by atoms with E-state index in [9.17, 15) is 13.2 Å². The van der Waals surface area contributed by atoms with Crippen LogP contribution in [-0.4, -0.2) is 36.7 Å². The third-order valence-electron chi connectivity index (χ3n) is 3.86. The molecule has 7 nitrogen and oxygen atoms in total. The molecular weight excluding hydrogens is 399 g/mol. The van der Waals surface area contributed by atoms with Gasteiger partial charge in [-0.05, 0) is 37.5 Å². The number of carbonyl (C=O) groups excluding carboxylic acids is 1. The zero-order chi connectivity index (χ0) is 18.7. The Kier molecular flexibility index (Phi) is 5.86. The van der Waals surface area contributed by atoms with Crippen molar-refractivity contribution < 1.29 is 13.2 Å². The number of hydrogen-bond donors (Lipinski definition) is 2. The maximum absolute atomic E-state index is 12.4. The molecule has 1 aromatic heterocycles. The molecule has 1 fully saturated rings. The summed E-state index contributed by atoms with van der Waals surface area (Å²) in [6.07, 6.45) is 5.79. The van der Waals surface area contributed by atoms with Gasteiger partial charge in [-0.15, -0.1) is 0 Å². The van der Waals surface area contributed by atoms with Crippen molar-refractivity contribution in [2.45, 2.75) is 36.7 Å². The zero-order valence-electron chi connectivity index (χ0n) is 13.8. The number of aryl methyl sites for hydroxylation is 1. The van der Waals surface area contributed by atoms with Gasteiger partial charge in [-0.2, -0.15) is 5.10 Å². The standard InChI is InChI=1S/C16H18Cl2N4O3S/c17-13-10-14(18)15(26(24,25)21-11-3-4-11)9-12(13)16(23)19-5-1-7-22-8-2-6-20-22/h2,6,8-11,21H,1,3-5,7H2,(H,19,23). The Morgan fingerprint density at radius 2 is 2.04 bits per heavy atom. The molecule has 1 saturated carbocycles. The minimum atomic E-state index is -3.79. The van der Waals surface area contributed by atoms with E-state index in [0.29, 0.717) is 19.5 Å². The van der Waals surface area contributed by atoms with Crippen LogP contribution in [0.25, 0.3) is 0 Å². The van der Waals surface area contributed by atoms with Gasteiger partial charge < -0.3 is 5.32 Å². The number of nitrogens with one attached hydrogen (secondary N) is 2. The molecule has 0 bridgehead atoms. The summed E-state index contributed by atoms with van der Waals surface area (Å²) >= 11 is 12.1.